The highest BCUT2D eigenvalue weighted by Gasteiger charge is 2.14. The third-order valence-corrected chi connectivity index (χ3v) is 4.99. The molecule has 4 aromatic rings. The second kappa shape index (κ2) is 3.76. The van der Waals surface area contributed by atoms with Gasteiger partial charge in [0.25, 0.3) is 0 Å². The van der Waals surface area contributed by atoms with Crippen molar-refractivity contribution in [2.24, 2.45) is 0 Å². The lowest BCUT2D eigenvalue weighted by Gasteiger charge is -2.16. The molecule has 0 bridgehead atoms. The predicted molar refractivity (Wildman–Crippen MR) is 92.7 cm³/mol. The molecule has 0 atom stereocenters. The van der Waals surface area contributed by atoms with Crippen LogP contribution in [0.2, 0.25) is 0 Å². The highest BCUT2D eigenvalue weighted by molar-refractivity contribution is 14.1. The molecule has 4 rings (SSSR count). The van der Waals surface area contributed by atoms with Crippen molar-refractivity contribution < 1.29 is 0 Å². The molecule has 0 saturated carbocycles. The summed E-state index contributed by atoms with van der Waals surface area (Å²) < 4.78 is 1.04. The van der Waals surface area contributed by atoms with E-state index in [1.807, 2.05) is 0 Å². The molecular weight excluding hydrogens is 344 g/mol. The number of hydrogen-bond acceptors (Lipinski definition) is 1. The van der Waals surface area contributed by atoms with Crippen LogP contribution in [-0.2, 0) is 0 Å². The number of nitrogens with two attached hydrogens (primary N) is 1. The number of rotatable bonds is 0. The monoisotopic (exact) mass is 353 g/mol. The maximum atomic E-state index is 6.20. The first-order valence-electron chi connectivity index (χ1n) is 6.08. The van der Waals surface area contributed by atoms with Crippen molar-refractivity contribution in [1.82, 2.24) is 0 Å². The Hall–Kier alpha value is -1.49. The summed E-state index contributed by atoms with van der Waals surface area (Å²) in [4.78, 5) is 0. The lowest BCUT2D eigenvalue weighted by atomic mass is 9.84. The minimum absolute atomic E-state index is 0.687. The van der Waals surface area contributed by atoms with Crippen molar-refractivity contribution in [3.63, 3.8) is 0 Å². The summed E-state index contributed by atoms with van der Waals surface area (Å²) in [7, 11) is 6.20. The number of benzene rings is 4. The summed E-state index contributed by atoms with van der Waals surface area (Å²) in [6.45, 7) is 0. The minimum Gasteiger partial charge on any atom is -0.398 e. The van der Waals surface area contributed by atoms with Gasteiger partial charge >= 0.3 is 0 Å². The molecule has 0 aliphatic heterocycles. The van der Waals surface area contributed by atoms with Crippen LogP contribution < -0.4 is 11.2 Å². The van der Waals surface area contributed by atoms with Crippen LogP contribution in [0.3, 0.4) is 0 Å². The fourth-order valence-corrected chi connectivity index (χ4v) is 3.64. The molecule has 88 valence electrons. The first kappa shape index (κ1) is 11.4. The van der Waals surface area contributed by atoms with Gasteiger partial charge < -0.3 is 5.73 Å². The molecular formula is C16H9BIN. The Morgan fingerprint density at radius 1 is 0.842 bits per heavy atom. The fourth-order valence-electron chi connectivity index (χ4n) is 2.90. The number of nitrogen functional groups attached to an aromatic ring is 1. The maximum Gasteiger partial charge on any atom is 0.117 e. The Bertz CT molecular complexity index is 876. The number of hydrogen-bond donors (Lipinski definition) is 1. The summed E-state index contributed by atoms with van der Waals surface area (Å²) in [5.74, 6) is 0. The Morgan fingerprint density at radius 3 is 2.16 bits per heavy atom. The van der Waals surface area contributed by atoms with E-state index in [-0.39, 0.29) is 0 Å². The maximum absolute atomic E-state index is 6.20. The first-order chi connectivity index (χ1) is 9.18. The molecule has 0 heterocycles. The van der Waals surface area contributed by atoms with Crippen molar-refractivity contribution >= 4 is 73.9 Å². The normalized spacial score (nSPS) is 11.8. The van der Waals surface area contributed by atoms with E-state index in [4.69, 9.17) is 13.6 Å². The molecule has 2 radical (unpaired) electrons. The topological polar surface area (TPSA) is 26.0 Å². The molecule has 0 unspecified atom stereocenters. The Morgan fingerprint density at radius 2 is 1.47 bits per heavy atom. The van der Waals surface area contributed by atoms with Gasteiger partial charge in [0.15, 0.2) is 0 Å². The second-order valence-electron chi connectivity index (χ2n) is 4.82. The van der Waals surface area contributed by atoms with Gasteiger partial charge in [-0.3, -0.25) is 0 Å². The molecule has 0 aromatic heterocycles. The van der Waals surface area contributed by atoms with Crippen LogP contribution >= 0.6 is 22.6 Å². The average Bonchev–Trinajstić information content (AvgIpc) is 2.45. The summed E-state index contributed by atoms with van der Waals surface area (Å²) >= 11 is 2.28. The zero-order chi connectivity index (χ0) is 13.1. The van der Waals surface area contributed by atoms with E-state index < -0.39 is 0 Å². The van der Waals surface area contributed by atoms with Crippen LogP contribution in [-0.4, -0.2) is 7.85 Å². The van der Waals surface area contributed by atoms with E-state index in [1.165, 1.54) is 26.9 Å². The van der Waals surface area contributed by atoms with Gasteiger partial charge in [-0.25, -0.2) is 0 Å². The van der Waals surface area contributed by atoms with Gasteiger partial charge in [0.2, 0.25) is 0 Å². The largest absolute Gasteiger partial charge is 0.398 e. The van der Waals surface area contributed by atoms with Crippen LogP contribution in [0, 0.1) is 3.57 Å². The van der Waals surface area contributed by atoms with Crippen molar-refractivity contribution in [3.8, 4) is 0 Å². The van der Waals surface area contributed by atoms with Crippen LogP contribution in [0.25, 0.3) is 32.3 Å². The van der Waals surface area contributed by atoms with Crippen molar-refractivity contribution in [2.75, 3.05) is 5.73 Å². The summed E-state index contributed by atoms with van der Waals surface area (Å²) in [6, 6.07) is 14.9. The van der Waals surface area contributed by atoms with E-state index in [9.17, 15) is 0 Å². The highest BCUT2D eigenvalue weighted by atomic mass is 127. The molecule has 0 spiro atoms. The Labute approximate surface area is 125 Å². The molecule has 19 heavy (non-hydrogen) atoms. The average molecular weight is 353 g/mol. The quantitative estimate of drug-likeness (QED) is 0.223. The SMILES string of the molecule is [B]c1c(N)c(I)c2ccc3cccc4ccc1c2c43. The smallest absolute Gasteiger partial charge is 0.117 e. The molecule has 4 aromatic carbocycles. The van der Waals surface area contributed by atoms with Gasteiger partial charge in [-0.15, -0.1) is 0 Å². The number of halogens is 1. The predicted octanol–water partition coefficient (Wildman–Crippen LogP) is 3.56. The van der Waals surface area contributed by atoms with Crippen molar-refractivity contribution in [2.45, 2.75) is 0 Å². The molecule has 1 nitrogen and oxygen atoms in total. The first-order valence-corrected chi connectivity index (χ1v) is 7.16. The van der Waals surface area contributed by atoms with Crippen molar-refractivity contribution in [3.05, 3.63) is 46.0 Å². The van der Waals surface area contributed by atoms with Crippen LogP contribution in [0.5, 0.6) is 0 Å². The molecule has 0 aliphatic rings. The van der Waals surface area contributed by atoms with E-state index in [2.05, 4.69) is 65.1 Å². The third kappa shape index (κ3) is 1.36. The minimum atomic E-state index is 0.687. The zero-order valence-electron chi connectivity index (χ0n) is 10.1. The second-order valence-corrected chi connectivity index (χ2v) is 5.90. The molecule has 0 amide bonds. The van der Waals surface area contributed by atoms with Crippen molar-refractivity contribution in [1.29, 1.82) is 0 Å². The summed E-state index contributed by atoms with van der Waals surface area (Å²) in [6.07, 6.45) is 0. The standard InChI is InChI=1S/C16H9BIN/c17-14-10-6-4-8-2-1-3-9-5-7-11(13(10)12(8)9)15(18)16(14)19/h1-7H,19H2. The Kier molecular flexibility index (Phi) is 2.25. The summed E-state index contributed by atoms with van der Waals surface area (Å²) in [5.41, 5.74) is 7.50. The van der Waals surface area contributed by atoms with Gasteiger partial charge in [0.05, 0.1) is 0 Å². The lowest BCUT2D eigenvalue weighted by molar-refractivity contribution is 1.75. The number of anilines is 1. The van der Waals surface area contributed by atoms with Gasteiger partial charge in [0, 0.05) is 9.26 Å². The van der Waals surface area contributed by atoms with Crippen LogP contribution in [0.4, 0.5) is 5.69 Å². The van der Waals surface area contributed by atoms with Crippen LogP contribution in [0.1, 0.15) is 0 Å². The molecule has 0 aliphatic carbocycles. The fraction of sp³-hybridized carbons (Fsp3) is 0. The third-order valence-electron chi connectivity index (χ3n) is 3.83. The van der Waals surface area contributed by atoms with Gasteiger partial charge in [-0.2, -0.15) is 0 Å². The van der Waals surface area contributed by atoms with Crippen LogP contribution in [0.15, 0.2) is 42.5 Å². The van der Waals surface area contributed by atoms with Gasteiger partial charge in [-0.05, 0) is 54.9 Å². The molecule has 2 N–H and O–H groups in total. The Balaban J connectivity index is 2.47. The zero-order valence-corrected chi connectivity index (χ0v) is 12.2. The van der Waals surface area contributed by atoms with E-state index in [0.29, 0.717) is 11.2 Å². The van der Waals surface area contributed by atoms with E-state index in [1.54, 1.807) is 0 Å². The van der Waals surface area contributed by atoms with E-state index >= 15 is 0 Å². The molecule has 3 heteroatoms. The van der Waals surface area contributed by atoms with E-state index in [0.717, 1.165) is 8.96 Å². The van der Waals surface area contributed by atoms with Gasteiger partial charge in [0.1, 0.15) is 7.85 Å². The highest BCUT2D eigenvalue weighted by Crippen LogP contribution is 2.37. The molecule has 0 fully saturated rings. The summed E-state index contributed by atoms with van der Waals surface area (Å²) in [5, 5.41) is 7.24. The van der Waals surface area contributed by atoms with Gasteiger partial charge in [-0.1, -0.05) is 47.9 Å². The lowest BCUT2D eigenvalue weighted by Crippen LogP contribution is -2.13. The molecule has 0 saturated heterocycles.